The second kappa shape index (κ2) is 7.79. The molecule has 1 N–H and O–H groups in total. The van der Waals surface area contributed by atoms with E-state index in [1.54, 1.807) is 18.0 Å². The lowest BCUT2D eigenvalue weighted by atomic mass is 10.2. The van der Waals surface area contributed by atoms with Gasteiger partial charge in [0.15, 0.2) is 0 Å². The third-order valence-electron chi connectivity index (χ3n) is 3.61. The number of aromatic nitrogens is 3. The molecule has 0 spiro atoms. The molecule has 0 bridgehead atoms. The highest BCUT2D eigenvalue weighted by Gasteiger charge is 2.09. The van der Waals surface area contributed by atoms with Crippen molar-refractivity contribution >= 4 is 17.7 Å². The number of pyridine rings is 1. The van der Waals surface area contributed by atoms with Crippen LogP contribution in [0.5, 0.6) is 0 Å². The van der Waals surface area contributed by atoms with Gasteiger partial charge < -0.3 is 5.32 Å². The first-order chi connectivity index (χ1) is 11.8. The van der Waals surface area contributed by atoms with Gasteiger partial charge in [-0.2, -0.15) is 5.10 Å². The predicted molar refractivity (Wildman–Crippen MR) is 96.0 cm³/mol. The molecular formula is C18H18N4OS. The molecule has 0 saturated carbocycles. The number of hydrogen-bond donors (Lipinski definition) is 1. The molecule has 0 fully saturated rings. The second-order valence-electron chi connectivity index (χ2n) is 5.19. The second-order valence-corrected chi connectivity index (χ2v) is 6.04. The Morgan fingerprint density at radius 2 is 2.04 bits per heavy atom. The number of carbonyl (C=O) groups is 1. The fourth-order valence-corrected chi connectivity index (χ4v) is 2.98. The lowest BCUT2D eigenvalue weighted by Gasteiger charge is -2.08. The first-order valence-corrected chi connectivity index (χ1v) is 8.84. The summed E-state index contributed by atoms with van der Waals surface area (Å²) < 4.78 is 1.82. The molecule has 2 heterocycles. The summed E-state index contributed by atoms with van der Waals surface area (Å²) in [4.78, 5) is 17.4. The maximum absolute atomic E-state index is 12.3. The molecule has 0 aliphatic rings. The Labute approximate surface area is 145 Å². The van der Waals surface area contributed by atoms with Crippen LogP contribution in [0.4, 0.5) is 0 Å². The van der Waals surface area contributed by atoms with Gasteiger partial charge >= 0.3 is 0 Å². The van der Waals surface area contributed by atoms with Crippen LogP contribution in [-0.2, 0) is 6.54 Å². The zero-order valence-corrected chi connectivity index (χ0v) is 14.2. The topological polar surface area (TPSA) is 59.8 Å². The third-order valence-corrected chi connectivity index (χ3v) is 4.40. The number of benzene rings is 1. The molecule has 24 heavy (non-hydrogen) atoms. The van der Waals surface area contributed by atoms with Crippen molar-refractivity contribution in [3.63, 3.8) is 0 Å². The van der Waals surface area contributed by atoms with Gasteiger partial charge in [0.1, 0.15) is 0 Å². The monoisotopic (exact) mass is 338 g/mol. The summed E-state index contributed by atoms with van der Waals surface area (Å²) in [6.07, 6.45) is 9.29. The van der Waals surface area contributed by atoms with Crippen molar-refractivity contribution in [2.45, 2.75) is 11.4 Å². The van der Waals surface area contributed by atoms with E-state index >= 15 is 0 Å². The minimum absolute atomic E-state index is 0.0559. The standard InChI is InChI=1S/C18H18N4OS/c1-24-17-7-3-2-6-16(17)18(23)20-9-10-22-13-15(12-21-22)14-5-4-8-19-11-14/h2-8,11-13H,9-10H2,1H3,(H,20,23). The van der Waals surface area contributed by atoms with E-state index in [-0.39, 0.29) is 5.91 Å². The van der Waals surface area contributed by atoms with Crippen molar-refractivity contribution in [2.24, 2.45) is 0 Å². The number of carbonyl (C=O) groups excluding carboxylic acids is 1. The zero-order chi connectivity index (χ0) is 16.8. The minimum atomic E-state index is -0.0559. The summed E-state index contributed by atoms with van der Waals surface area (Å²) in [5.41, 5.74) is 2.75. The van der Waals surface area contributed by atoms with Gasteiger partial charge in [0, 0.05) is 41.2 Å². The Balaban J connectivity index is 1.57. The number of hydrogen-bond acceptors (Lipinski definition) is 4. The van der Waals surface area contributed by atoms with E-state index < -0.39 is 0 Å². The summed E-state index contributed by atoms with van der Waals surface area (Å²) in [5, 5.41) is 7.28. The number of amides is 1. The van der Waals surface area contributed by atoms with Gasteiger partial charge in [-0.1, -0.05) is 18.2 Å². The zero-order valence-electron chi connectivity index (χ0n) is 13.3. The maximum atomic E-state index is 12.3. The van der Waals surface area contributed by atoms with Gasteiger partial charge in [-0.3, -0.25) is 14.5 Å². The van der Waals surface area contributed by atoms with Gasteiger partial charge in [-0.25, -0.2) is 0 Å². The Bertz CT molecular complexity index is 817. The Kier molecular flexibility index (Phi) is 5.28. The van der Waals surface area contributed by atoms with Gasteiger partial charge in [0.25, 0.3) is 5.91 Å². The largest absolute Gasteiger partial charge is 0.350 e. The van der Waals surface area contributed by atoms with Gasteiger partial charge in [-0.05, 0) is 24.5 Å². The van der Waals surface area contributed by atoms with Gasteiger partial charge in [-0.15, -0.1) is 11.8 Å². The average Bonchev–Trinajstić information content (AvgIpc) is 3.11. The van der Waals surface area contributed by atoms with Crippen LogP contribution in [0.25, 0.3) is 11.1 Å². The van der Waals surface area contributed by atoms with Crippen LogP contribution in [0, 0.1) is 0 Å². The SMILES string of the molecule is CSc1ccccc1C(=O)NCCn1cc(-c2cccnc2)cn1. The van der Waals surface area contributed by atoms with E-state index in [1.165, 1.54) is 0 Å². The molecule has 5 nitrogen and oxygen atoms in total. The van der Waals surface area contributed by atoms with Crippen LogP contribution in [0.3, 0.4) is 0 Å². The molecule has 1 aromatic carbocycles. The molecular weight excluding hydrogens is 320 g/mol. The van der Waals surface area contributed by atoms with E-state index in [2.05, 4.69) is 15.4 Å². The Morgan fingerprint density at radius 3 is 2.83 bits per heavy atom. The van der Waals surface area contributed by atoms with Crippen LogP contribution in [0.1, 0.15) is 10.4 Å². The molecule has 3 aromatic rings. The lowest BCUT2D eigenvalue weighted by Crippen LogP contribution is -2.27. The minimum Gasteiger partial charge on any atom is -0.350 e. The normalized spacial score (nSPS) is 10.5. The molecule has 6 heteroatoms. The van der Waals surface area contributed by atoms with E-state index in [1.807, 2.05) is 65.9 Å². The highest BCUT2D eigenvalue weighted by Crippen LogP contribution is 2.19. The number of nitrogens with zero attached hydrogens (tertiary/aromatic N) is 3. The number of rotatable bonds is 6. The van der Waals surface area contributed by atoms with E-state index in [0.29, 0.717) is 18.7 Å². The van der Waals surface area contributed by atoms with Crippen LogP contribution < -0.4 is 5.32 Å². The molecule has 0 aliphatic carbocycles. The quantitative estimate of drug-likeness (QED) is 0.702. The molecule has 3 rings (SSSR count). The first kappa shape index (κ1) is 16.3. The number of thioether (sulfide) groups is 1. The first-order valence-electron chi connectivity index (χ1n) is 7.62. The summed E-state index contributed by atoms with van der Waals surface area (Å²) in [5.74, 6) is -0.0559. The van der Waals surface area contributed by atoms with E-state index in [4.69, 9.17) is 0 Å². The third kappa shape index (κ3) is 3.83. The smallest absolute Gasteiger partial charge is 0.252 e. The predicted octanol–water partition coefficient (Wildman–Crippen LogP) is 3.10. The fraction of sp³-hybridized carbons (Fsp3) is 0.167. The molecule has 0 unspecified atom stereocenters. The van der Waals surface area contributed by atoms with Crippen molar-refractivity contribution in [3.8, 4) is 11.1 Å². The van der Waals surface area contributed by atoms with Crippen LogP contribution >= 0.6 is 11.8 Å². The van der Waals surface area contributed by atoms with Crippen LogP contribution in [-0.4, -0.2) is 33.5 Å². The van der Waals surface area contributed by atoms with Crippen LogP contribution in [0.2, 0.25) is 0 Å². The van der Waals surface area contributed by atoms with Crippen molar-refractivity contribution in [1.82, 2.24) is 20.1 Å². The van der Waals surface area contributed by atoms with E-state index in [0.717, 1.165) is 16.0 Å². The Hall–Kier alpha value is -2.60. The summed E-state index contributed by atoms with van der Waals surface area (Å²) in [6, 6.07) is 11.5. The molecule has 2 aromatic heterocycles. The summed E-state index contributed by atoms with van der Waals surface area (Å²) in [7, 11) is 0. The van der Waals surface area contributed by atoms with Crippen molar-refractivity contribution in [3.05, 3.63) is 66.7 Å². The Morgan fingerprint density at radius 1 is 1.17 bits per heavy atom. The van der Waals surface area contributed by atoms with Gasteiger partial charge in [0.2, 0.25) is 0 Å². The fourth-order valence-electron chi connectivity index (χ4n) is 2.38. The molecule has 0 radical (unpaired) electrons. The molecule has 0 saturated heterocycles. The molecule has 0 atom stereocenters. The highest BCUT2D eigenvalue weighted by molar-refractivity contribution is 7.98. The average molecular weight is 338 g/mol. The van der Waals surface area contributed by atoms with Gasteiger partial charge in [0.05, 0.1) is 18.3 Å². The van der Waals surface area contributed by atoms with Crippen molar-refractivity contribution in [2.75, 3.05) is 12.8 Å². The van der Waals surface area contributed by atoms with Crippen LogP contribution in [0.15, 0.2) is 66.1 Å². The molecule has 1 amide bonds. The highest BCUT2D eigenvalue weighted by atomic mass is 32.2. The summed E-state index contributed by atoms with van der Waals surface area (Å²) >= 11 is 1.57. The van der Waals surface area contributed by atoms with Crippen molar-refractivity contribution < 1.29 is 4.79 Å². The molecule has 0 aliphatic heterocycles. The summed E-state index contributed by atoms with van der Waals surface area (Å²) in [6.45, 7) is 1.14. The molecule has 122 valence electrons. The number of nitrogens with one attached hydrogen (secondary N) is 1. The van der Waals surface area contributed by atoms with E-state index in [9.17, 15) is 4.79 Å². The maximum Gasteiger partial charge on any atom is 0.252 e. The lowest BCUT2D eigenvalue weighted by molar-refractivity contribution is 0.0949. The van der Waals surface area contributed by atoms with Crippen molar-refractivity contribution in [1.29, 1.82) is 0 Å².